The van der Waals surface area contributed by atoms with E-state index in [9.17, 15) is 4.79 Å². The molecule has 25 heavy (non-hydrogen) atoms. The summed E-state index contributed by atoms with van der Waals surface area (Å²) in [6.45, 7) is 0. The first-order valence-corrected chi connectivity index (χ1v) is 8.23. The molecule has 1 aliphatic heterocycles. The Morgan fingerprint density at radius 2 is 1.60 bits per heavy atom. The monoisotopic (exact) mass is 331 g/mol. The van der Waals surface area contributed by atoms with E-state index in [1.165, 1.54) is 0 Å². The average Bonchev–Trinajstić information content (AvgIpc) is 3.09. The van der Waals surface area contributed by atoms with Crippen molar-refractivity contribution < 1.29 is 14.3 Å². The normalized spacial score (nSPS) is 14.2. The molecule has 0 bridgehead atoms. The zero-order valence-electron chi connectivity index (χ0n) is 13.5. The second-order valence-electron chi connectivity index (χ2n) is 5.92. The fourth-order valence-electron chi connectivity index (χ4n) is 3.02. The van der Waals surface area contributed by atoms with E-state index in [-0.39, 0.29) is 11.7 Å². The summed E-state index contributed by atoms with van der Waals surface area (Å²) in [4.78, 5) is 17.2. The number of rotatable bonds is 5. The first kappa shape index (κ1) is 15.4. The molecule has 0 radical (unpaired) electrons. The van der Waals surface area contributed by atoms with Gasteiger partial charge in [0.05, 0.1) is 5.92 Å². The molecule has 2 aromatic carbocycles. The van der Waals surface area contributed by atoms with Gasteiger partial charge < -0.3 is 9.47 Å². The van der Waals surface area contributed by atoms with E-state index in [1.807, 2.05) is 66.7 Å². The first-order valence-electron chi connectivity index (χ1n) is 8.23. The number of carbonyl (C=O) groups excluding carboxylic acids is 1. The maximum absolute atomic E-state index is 13.1. The molecule has 124 valence electrons. The van der Waals surface area contributed by atoms with Crippen LogP contribution in [0.1, 0.15) is 28.3 Å². The van der Waals surface area contributed by atoms with Crippen molar-refractivity contribution >= 4 is 5.78 Å². The van der Waals surface area contributed by atoms with Crippen molar-refractivity contribution in [3.63, 3.8) is 0 Å². The third-order valence-electron chi connectivity index (χ3n) is 4.26. The molecule has 2 heterocycles. The van der Waals surface area contributed by atoms with E-state index in [0.717, 1.165) is 5.56 Å². The lowest BCUT2D eigenvalue weighted by molar-refractivity contribution is 0.0341. The quantitative estimate of drug-likeness (QED) is 0.656. The van der Waals surface area contributed by atoms with Crippen LogP contribution in [0.25, 0.3) is 0 Å². The number of nitrogens with zero attached hydrogens (tertiary/aromatic N) is 1. The molecule has 1 aliphatic rings. The minimum atomic E-state index is -0.490. The number of pyridine rings is 1. The number of benzene rings is 2. The van der Waals surface area contributed by atoms with Crippen molar-refractivity contribution in [2.75, 3.05) is 0 Å². The molecule has 4 rings (SSSR count). The minimum absolute atomic E-state index is 0.0387. The van der Waals surface area contributed by atoms with E-state index in [2.05, 4.69) is 4.98 Å². The molecule has 1 aromatic heterocycles. The third-order valence-corrected chi connectivity index (χ3v) is 4.26. The molecule has 0 unspecified atom stereocenters. The number of hydrogen-bond acceptors (Lipinski definition) is 4. The van der Waals surface area contributed by atoms with Gasteiger partial charge >= 0.3 is 0 Å². The van der Waals surface area contributed by atoms with Gasteiger partial charge in [0, 0.05) is 24.4 Å². The highest BCUT2D eigenvalue weighted by molar-refractivity contribution is 6.00. The highest BCUT2D eigenvalue weighted by Crippen LogP contribution is 2.37. The molecule has 0 saturated carbocycles. The van der Waals surface area contributed by atoms with Crippen molar-refractivity contribution in [3.8, 4) is 11.5 Å². The first-order chi connectivity index (χ1) is 12.3. The summed E-state index contributed by atoms with van der Waals surface area (Å²) >= 11 is 0. The molecule has 0 amide bonds. The third kappa shape index (κ3) is 3.24. The summed E-state index contributed by atoms with van der Waals surface area (Å²) in [5.41, 5.74) is 1.53. The van der Waals surface area contributed by atoms with Crippen molar-refractivity contribution in [2.24, 2.45) is 0 Å². The van der Waals surface area contributed by atoms with Gasteiger partial charge in [-0.3, -0.25) is 9.78 Å². The highest BCUT2D eigenvalue weighted by atomic mass is 16.7. The second kappa shape index (κ2) is 6.77. The Kier molecular flexibility index (Phi) is 4.17. The number of hydrogen-bond donors (Lipinski definition) is 0. The lowest BCUT2D eigenvalue weighted by Crippen LogP contribution is -2.25. The van der Waals surface area contributed by atoms with Crippen LogP contribution in [-0.2, 0) is 0 Å². The second-order valence-corrected chi connectivity index (χ2v) is 5.92. The van der Waals surface area contributed by atoms with Crippen LogP contribution in [0.3, 0.4) is 0 Å². The topological polar surface area (TPSA) is 48.4 Å². The molecule has 1 atom stereocenters. The Labute approximate surface area is 146 Å². The predicted molar refractivity (Wildman–Crippen MR) is 93.9 cm³/mol. The van der Waals surface area contributed by atoms with Gasteiger partial charge in [-0.25, -0.2) is 0 Å². The predicted octanol–water partition coefficient (Wildman–Crippen LogP) is 4.24. The summed E-state index contributed by atoms with van der Waals surface area (Å²) in [5.74, 6) is 1.08. The highest BCUT2D eigenvalue weighted by Gasteiger charge is 2.31. The van der Waals surface area contributed by atoms with E-state index < -0.39 is 6.29 Å². The number of ether oxygens (including phenoxy) is 2. The summed E-state index contributed by atoms with van der Waals surface area (Å²) < 4.78 is 11.7. The number of para-hydroxylation sites is 2. The molecule has 0 fully saturated rings. The van der Waals surface area contributed by atoms with Gasteiger partial charge in [0.25, 0.3) is 0 Å². The fourth-order valence-corrected chi connectivity index (χ4v) is 3.02. The van der Waals surface area contributed by atoms with Gasteiger partial charge in [-0.2, -0.15) is 0 Å². The standard InChI is InChI=1S/C21H17NO3/c23-21(15-7-2-1-3-8-15)17(16-9-6-12-22-14-16)13-20-24-18-10-4-5-11-19(18)25-20/h1-12,14,17,20H,13H2/t17-/m1/s1. The maximum Gasteiger partial charge on any atom is 0.242 e. The van der Waals surface area contributed by atoms with Crippen LogP contribution >= 0.6 is 0 Å². The van der Waals surface area contributed by atoms with E-state index in [1.54, 1.807) is 12.4 Å². The Bertz CT molecular complexity index is 840. The molecular weight excluding hydrogens is 314 g/mol. The molecule has 3 aromatic rings. The molecule has 0 spiro atoms. The molecule has 4 heteroatoms. The van der Waals surface area contributed by atoms with Crippen LogP contribution in [-0.4, -0.2) is 17.1 Å². The molecule has 0 saturated heterocycles. The van der Waals surface area contributed by atoms with E-state index >= 15 is 0 Å². The van der Waals surface area contributed by atoms with Gasteiger partial charge in [-0.1, -0.05) is 48.5 Å². The average molecular weight is 331 g/mol. The summed E-state index contributed by atoms with van der Waals surface area (Å²) in [5, 5.41) is 0. The Hall–Kier alpha value is -3.14. The largest absolute Gasteiger partial charge is 0.451 e. The van der Waals surface area contributed by atoms with Crippen molar-refractivity contribution in [3.05, 3.63) is 90.3 Å². The smallest absolute Gasteiger partial charge is 0.242 e. The summed E-state index contributed by atoms with van der Waals surface area (Å²) in [6.07, 6.45) is 3.36. The Balaban J connectivity index is 1.60. The summed E-state index contributed by atoms with van der Waals surface area (Å²) in [6, 6.07) is 20.6. The van der Waals surface area contributed by atoms with Gasteiger partial charge in [0.2, 0.25) is 6.29 Å². The van der Waals surface area contributed by atoms with Crippen LogP contribution in [0, 0.1) is 0 Å². The van der Waals surface area contributed by atoms with E-state index in [0.29, 0.717) is 23.5 Å². The minimum Gasteiger partial charge on any atom is -0.451 e. The Morgan fingerprint density at radius 3 is 2.24 bits per heavy atom. The fraction of sp³-hybridized carbons (Fsp3) is 0.143. The van der Waals surface area contributed by atoms with Crippen LogP contribution in [0.15, 0.2) is 79.1 Å². The number of Topliss-reactive ketones (excluding diaryl/α,β-unsaturated/α-hetero) is 1. The van der Waals surface area contributed by atoms with Crippen LogP contribution in [0.2, 0.25) is 0 Å². The van der Waals surface area contributed by atoms with Crippen molar-refractivity contribution in [2.45, 2.75) is 18.6 Å². The van der Waals surface area contributed by atoms with E-state index in [4.69, 9.17) is 9.47 Å². The Morgan fingerprint density at radius 1 is 0.920 bits per heavy atom. The number of carbonyl (C=O) groups is 1. The zero-order valence-corrected chi connectivity index (χ0v) is 13.5. The number of ketones is 1. The van der Waals surface area contributed by atoms with Crippen LogP contribution in [0.5, 0.6) is 11.5 Å². The van der Waals surface area contributed by atoms with Gasteiger partial charge in [0.15, 0.2) is 17.3 Å². The number of fused-ring (bicyclic) bond motifs is 1. The molecule has 0 aliphatic carbocycles. The molecular formula is C21H17NO3. The van der Waals surface area contributed by atoms with Crippen molar-refractivity contribution in [1.82, 2.24) is 4.98 Å². The van der Waals surface area contributed by atoms with Crippen molar-refractivity contribution in [1.29, 1.82) is 0 Å². The maximum atomic E-state index is 13.1. The van der Waals surface area contributed by atoms with Crippen LogP contribution in [0.4, 0.5) is 0 Å². The van der Waals surface area contributed by atoms with Gasteiger partial charge in [0.1, 0.15) is 0 Å². The molecule has 0 N–H and O–H groups in total. The SMILES string of the molecule is O=C(c1ccccc1)[C@H](CC1Oc2ccccc2O1)c1cccnc1. The van der Waals surface area contributed by atoms with Crippen LogP contribution < -0.4 is 9.47 Å². The lowest BCUT2D eigenvalue weighted by atomic mass is 9.88. The van der Waals surface area contributed by atoms with Gasteiger partial charge in [-0.15, -0.1) is 0 Å². The zero-order chi connectivity index (χ0) is 17.1. The lowest BCUT2D eigenvalue weighted by Gasteiger charge is -2.19. The van der Waals surface area contributed by atoms with Gasteiger partial charge in [-0.05, 0) is 23.8 Å². The summed E-state index contributed by atoms with van der Waals surface area (Å²) in [7, 11) is 0. The molecule has 4 nitrogen and oxygen atoms in total. The number of aromatic nitrogens is 1.